The molecule has 0 amide bonds. The molecule has 0 saturated heterocycles. The molecule has 27 heavy (non-hydrogen) atoms. The monoisotopic (exact) mass is 421 g/mol. The van der Waals surface area contributed by atoms with E-state index in [0.29, 0.717) is 5.96 Å². The van der Waals surface area contributed by atoms with Crippen LogP contribution < -0.4 is 10.6 Å². The smallest absolute Gasteiger partial charge is 0.193 e. The summed E-state index contributed by atoms with van der Waals surface area (Å²) in [6.45, 7) is 0. The van der Waals surface area contributed by atoms with Gasteiger partial charge in [-0.25, -0.2) is 0 Å². The fourth-order valence-electron chi connectivity index (χ4n) is 6.77. The highest BCUT2D eigenvalue weighted by Gasteiger charge is 2.51. The fourth-order valence-corrected chi connectivity index (χ4v) is 7.33. The highest BCUT2D eigenvalue weighted by atomic mass is 79.9. The van der Waals surface area contributed by atoms with Gasteiger partial charge in [-0.05, 0) is 94.6 Å². The molecule has 2 aromatic rings. The number of hydrogen-bond acceptors (Lipinski definition) is 1. The van der Waals surface area contributed by atoms with E-state index in [1.165, 1.54) is 60.4 Å². The van der Waals surface area contributed by atoms with Crippen molar-refractivity contribution in [2.75, 3.05) is 5.32 Å². The maximum atomic E-state index is 8.69. The highest BCUT2D eigenvalue weighted by molar-refractivity contribution is 9.10. The van der Waals surface area contributed by atoms with Crippen LogP contribution in [0.25, 0.3) is 22.9 Å². The topological polar surface area (TPSA) is 47.9 Å². The minimum absolute atomic E-state index is 0.156. The Morgan fingerprint density at radius 1 is 1.04 bits per heavy atom. The molecule has 3 nitrogen and oxygen atoms in total. The standard InChI is InChI=1S/C23H24BrN3/c24-19-9-17-3-1-2-16-4-5-18(20(16)17)21(19)26-22(25)27-23-10-13-6-14(11-23)8-15(7-13)12-23/h1-5,9,13-15H,6-8,10-12H2,(H3,25,26,27). The van der Waals surface area contributed by atoms with Gasteiger partial charge in [-0.2, -0.15) is 0 Å². The van der Waals surface area contributed by atoms with Crippen molar-refractivity contribution in [3.8, 4) is 0 Å². The van der Waals surface area contributed by atoms with Crippen LogP contribution in [0.1, 0.15) is 49.7 Å². The highest BCUT2D eigenvalue weighted by Crippen LogP contribution is 2.55. The van der Waals surface area contributed by atoms with E-state index in [-0.39, 0.29) is 5.54 Å². The summed E-state index contributed by atoms with van der Waals surface area (Å²) in [7, 11) is 0. The van der Waals surface area contributed by atoms with Crippen molar-refractivity contribution >= 4 is 50.5 Å². The van der Waals surface area contributed by atoms with Gasteiger partial charge < -0.3 is 10.6 Å². The van der Waals surface area contributed by atoms with E-state index >= 15 is 0 Å². The van der Waals surface area contributed by atoms with Gasteiger partial charge in [-0.3, -0.25) is 5.41 Å². The lowest BCUT2D eigenvalue weighted by atomic mass is 9.53. The molecule has 5 aliphatic rings. The molecule has 0 atom stereocenters. The number of rotatable bonds is 2. The summed E-state index contributed by atoms with van der Waals surface area (Å²) in [6.07, 6.45) is 12.4. The Balaban J connectivity index is 1.30. The molecular formula is C23H24BrN3. The van der Waals surface area contributed by atoms with Crippen molar-refractivity contribution in [3.05, 3.63) is 39.9 Å². The Kier molecular flexibility index (Phi) is 3.36. The first-order chi connectivity index (χ1) is 13.1. The molecule has 0 heterocycles. The van der Waals surface area contributed by atoms with E-state index in [1.54, 1.807) is 0 Å². The number of hydrogen-bond donors (Lipinski definition) is 3. The number of nitrogens with one attached hydrogen (secondary N) is 3. The molecule has 0 spiro atoms. The Labute approximate surface area is 168 Å². The molecule has 2 aromatic carbocycles. The first-order valence-electron chi connectivity index (χ1n) is 10.2. The molecule has 4 fully saturated rings. The Hall–Kier alpha value is -1.81. The summed E-state index contributed by atoms with van der Waals surface area (Å²) in [4.78, 5) is 0. The third-order valence-corrected chi connectivity index (χ3v) is 7.92. The predicted molar refractivity (Wildman–Crippen MR) is 116 cm³/mol. The van der Waals surface area contributed by atoms with Crippen LogP contribution in [0, 0.1) is 23.2 Å². The Morgan fingerprint density at radius 3 is 2.44 bits per heavy atom. The number of anilines is 1. The zero-order chi connectivity index (χ0) is 18.2. The average molecular weight is 422 g/mol. The average Bonchev–Trinajstić information content (AvgIpc) is 3.02. The molecule has 7 rings (SSSR count). The SMILES string of the molecule is N=C(Nc1c(Br)cc2cccc3c2c1C=C3)NC12CC3CC(CC(C3)C1)C2. The van der Waals surface area contributed by atoms with Crippen molar-refractivity contribution in [1.29, 1.82) is 5.41 Å². The lowest BCUT2D eigenvalue weighted by Gasteiger charge is -2.57. The first kappa shape index (κ1) is 16.2. The van der Waals surface area contributed by atoms with Crippen LogP contribution in [0.2, 0.25) is 0 Å². The van der Waals surface area contributed by atoms with Crippen molar-refractivity contribution in [2.45, 2.75) is 44.1 Å². The van der Waals surface area contributed by atoms with Crippen LogP contribution in [0.15, 0.2) is 28.7 Å². The maximum absolute atomic E-state index is 8.69. The van der Waals surface area contributed by atoms with Crippen molar-refractivity contribution in [1.82, 2.24) is 5.32 Å². The summed E-state index contributed by atoms with van der Waals surface area (Å²) in [6, 6.07) is 8.58. The third-order valence-electron chi connectivity index (χ3n) is 7.30. The lowest BCUT2D eigenvalue weighted by Crippen LogP contribution is -2.60. The van der Waals surface area contributed by atoms with Crippen molar-refractivity contribution in [3.63, 3.8) is 0 Å². The van der Waals surface area contributed by atoms with E-state index in [0.717, 1.165) is 27.9 Å². The molecule has 0 radical (unpaired) electrons. The minimum Gasteiger partial charge on any atom is -0.351 e. The first-order valence-corrected chi connectivity index (χ1v) is 10.9. The lowest BCUT2D eigenvalue weighted by molar-refractivity contribution is -0.0101. The van der Waals surface area contributed by atoms with Gasteiger partial charge >= 0.3 is 0 Å². The second-order valence-electron chi connectivity index (χ2n) is 9.25. The summed E-state index contributed by atoms with van der Waals surface area (Å²) < 4.78 is 1.02. The van der Waals surface area contributed by atoms with Gasteiger partial charge in [0.2, 0.25) is 0 Å². The van der Waals surface area contributed by atoms with E-state index in [1.807, 2.05) is 0 Å². The summed E-state index contributed by atoms with van der Waals surface area (Å²) in [5.74, 6) is 3.09. The van der Waals surface area contributed by atoms with Gasteiger partial charge in [0, 0.05) is 15.6 Å². The Bertz CT molecular complexity index is 971. The van der Waals surface area contributed by atoms with Crippen molar-refractivity contribution in [2.24, 2.45) is 17.8 Å². The van der Waals surface area contributed by atoms with E-state index < -0.39 is 0 Å². The molecule has 4 bridgehead atoms. The van der Waals surface area contributed by atoms with Crippen LogP contribution >= 0.6 is 15.9 Å². The van der Waals surface area contributed by atoms with Gasteiger partial charge in [-0.15, -0.1) is 0 Å². The van der Waals surface area contributed by atoms with Crippen LogP contribution in [0.4, 0.5) is 5.69 Å². The van der Waals surface area contributed by atoms with Crippen molar-refractivity contribution < 1.29 is 0 Å². The predicted octanol–water partition coefficient (Wildman–Crippen LogP) is 5.99. The molecule has 0 unspecified atom stereocenters. The molecule has 138 valence electrons. The summed E-state index contributed by atoms with van der Waals surface area (Å²) in [5, 5.41) is 18.3. The fraction of sp³-hybridized carbons (Fsp3) is 0.435. The molecule has 4 saturated carbocycles. The molecule has 4 heteroatoms. The second-order valence-corrected chi connectivity index (χ2v) is 10.1. The summed E-state index contributed by atoms with van der Waals surface area (Å²) in [5.41, 5.74) is 3.61. The minimum atomic E-state index is 0.156. The molecule has 5 aliphatic carbocycles. The van der Waals surface area contributed by atoms with Crippen LogP contribution in [0.5, 0.6) is 0 Å². The molecule has 0 aromatic heterocycles. The quantitative estimate of drug-likeness (QED) is 0.351. The van der Waals surface area contributed by atoms with E-state index in [2.05, 4.69) is 63.0 Å². The zero-order valence-electron chi connectivity index (χ0n) is 15.3. The Morgan fingerprint density at radius 2 is 1.74 bits per heavy atom. The molecule has 0 aliphatic heterocycles. The zero-order valence-corrected chi connectivity index (χ0v) is 16.9. The second kappa shape index (κ2) is 5.60. The van der Waals surface area contributed by atoms with Gasteiger partial charge in [0.25, 0.3) is 0 Å². The van der Waals surface area contributed by atoms with Gasteiger partial charge in [0.05, 0.1) is 5.69 Å². The van der Waals surface area contributed by atoms with Crippen LogP contribution in [-0.4, -0.2) is 11.5 Å². The van der Waals surface area contributed by atoms with Gasteiger partial charge in [0.15, 0.2) is 5.96 Å². The van der Waals surface area contributed by atoms with E-state index in [9.17, 15) is 0 Å². The van der Waals surface area contributed by atoms with Crippen LogP contribution in [-0.2, 0) is 0 Å². The number of benzene rings is 2. The maximum Gasteiger partial charge on any atom is 0.193 e. The molecule has 3 N–H and O–H groups in total. The third kappa shape index (κ3) is 2.49. The van der Waals surface area contributed by atoms with E-state index in [4.69, 9.17) is 5.41 Å². The van der Waals surface area contributed by atoms with Crippen LogP contribution in [0.3, 0.4) is 0 Å². The number of guanidine groups is 1. The largest absolute Gasteiger partial charge is 0.351 e. The summed E-state index contributed by atoms with van der Waals surface area (Å²) >= 11 is 3.73. The number of halogens is 1. The van der Waals surface area contributed by atoms with Gasteiger partial charge in [0.1, 0.15) is 0 Å². The molecular weight excluding hydrogens is 398 g/mol. The van der Waals surface area contributed by atoms with Gasteiger partial charge in [-0.1, -0.05) is 30.4 Å². The normalized spacial score (nSPS) is 32.3.